The molecular formula is C28H29ClN2O8S. The van der Waals surface area contributed by atoms with Crippen molar-refractivity contribution in [3.8, 4) is 28.4 Å². The molecule has 0 unspecified atom stereocenters. The van der Waals surface area contributed by atoms with Gasteiger partial charge in [-0.2, -0.15) is 0 Å². The van der Waals surface area contributed by atoms with E-state index >= 15 is 0 Å². The van der Waals surface area contributed by atoms with E-state index in [0.717, 1.165) is 11.1 Å². The average molecular weight is 589 g/mol. The highest BCUT2D eigenvalue weighted by atomic mass is 35.5. The molecule has 12 heteroatoms. The molecule has 1 aliphatic carbocycles. The number of nitrogens with one attached hydrogen (secondary N) is 1. The second-order valence-corrected chi connectivity index (χ2v) is 10.1. The van der Waals surface area contributed by atoms with Crippen molar-refractivity contribution in [2.24, 2.45) is 0 Å². The van der Waals surface area contributed by atoms with E-state index in [0.29, 0.717) is 51.7 Å². The van der Waals surface area contributed by atoms with Gasteiger partial charge < -0.3 is 19.5 Å². The van der Waals surface area contributed by atoms with Crippen LogP contribution in [0.1, 0.15) is 39.5 Å². The Bertz CT molecular complexity index is 1480. The quantitative estimate of drug-likeness (QED) is 0.231. The van der Waals surface area contributed by atoms with Crippen molar-refractivity contribution in [1.82, 2.24) is 10.7 Å². The Balaban J connectivity index is 1.84. The lowest BCUT2D eigenvalue weighted by atomic mass is 9.95. The number of aryl methyl sites for hydroxylation is 1. The molecule has 1 amide bonds. The first kappa shape index (κ1) is 29.7. The molecule has 0 fully saturated rings. The molecule has 0 saturated heterocycles. The summed E-state index contributed by atoms with van der Waals surface area (Å²) in [5.41, 5.74) is 3.48. The Morgan fingerprint density at radius 1 is 1.07 bits per heavy atom. The van der Waals surface area contributed by atoms with Crippen LogP contribution >= 0.6 is 23.4 Å². The first-order chi connectivity index (χ1) is 19.2. The molecule has 0 heterocycles. The normalized spacial score (nSPS) is 14.2. The van der Waals surface area contributed by atoms with Gasteiger partial charge in [-0.25, -0.2) is 4.84 Å². The zero-order chi connectivity index (χ0) is 29.0. The molecule has 1 aliphatic rings. The lowest BCUT2D eigenvalue weighted by molar-refractivity contribution is -0.497. The van der Waals surface area contributed by atoms with Crippen molar-refractivity contribution >= 4 is 29.3 Å². The molecule has 3 aromatic carbocycles. The van der Waals surface area contributed by atoms with E-state index < -0.39 is 17.3 Å². The van der Waals surface area contributed by atoms with E-state index in [1.54, 1.807) is 32.4 Å². The summed E-state index contributed by atoms with van der Waals surface area (Å²) in [7, 11) is 4.62. The highest BCUT2D eigenvalue weighted by molar-refractivity contribution is 7.98. The molecule has 4 rings (SSSR count). The number of nitrogens with zero attached hydrogens (tertiary/aromatic N) is 1. The molecule has 0 aliphatic heterocycles. The summed E-state index contributed by atoms with van der Waals surface area (Å²) in [4.78, 5) is 31.9. The number of hydrogen-bond donors (Lipinski definition) is 3. The van der Waals surface area contributed by atoms with Crippen molar-refractivity contribution in [3.63, 3.8) is 0 Å². The molecular weight excluding hydrogens is 560 g/mol. The van der Waals surface area contributed by atoms with E-state index in [1.807, 2.05) is 18.4 Å². The topological polar surface area (TPSA) is 127 Å². The predicted molar refractivity (Wildman–Crippen MR) is 150 cm³/mol. The highest BCUT2D eigenvalue weighted by Gasteiger charge is 2.30. The summed E-state index contributed by atoms with van der Waals surface area (Å²) in [6.45, 7) is -0.206. The van der Waals surface area contributed by atoms with Gasteiger partial charge in [-0.1, -0.05) is 23.7 Å². The predicted octanol–water partition coefficient (Wildman–Crippen LogP) is 5.04. The molecule has 3 aromatic rings. The Hall–Kier alpha value is -3.32. The number of hydrogen-bond acceptors (Lipinski definition) is 10. The van der Waals surface area contributed by atoms with E-state index in [-0.39, 0.29) is 22.6 Å². The van der Waals surface area contributed by atoms with Crippen LogP contribution in [0.3, 0.4) is 0 Å². The van der Waals surface area contributed by atoms with Gasteiger partial charge in [0, 0.05) is 5.56 Å². The highest BCUT2D eigenvalue weighted by Crippen LogP contribution is 2.50. The molecule has 212 valence electrons. The Morgan fingerprint density at radius 3 is 2.48 bits per heavy atom. The lowest BCUT2D eigenvalue weighted by Gasteiger charge is -2.20. The minimum Gasteiger partial charge on any atom is -0.493 e. The number of thioether (sulfide) groups is 1. The standard InChI is InChI=1S/C28H29ClN2O8S/c1-36-23-12-16-6-9-21(30-28(33)19-11-15(5-8-20(19)29)14-39-31(34)35)18-13-22(32)24(40-4)10-7-17(18)25(16)27(38-3)26(23)37-2/h5,7-8,10-13,21,34-35H,6,9,14H2,1-4H3,(H,30,33)/t21-/m0/s1. The van der Waals surface area contributed by atoms with Gasteiger partial charge in [-0.3, -0.25) is 20.0 Å². The van der Waals surface area contributed by atoms with Gasteiger partial charge in [0.1, 0.15) is 0 Å². The number of halogens is 1. The molecule has 0 aromatic heterocycles. The molecule has 1 atom stereocenters. The number of amides is 1. The summed E-state index contributed by atoms with van der Waals surface area (Å²) < 4.78 is 17.0. The third-order valence-corrected chi connectivity index (χ3v) is 7.75. The fraction of sp³-hybridized carbons (Fsp3) is 0.286. The van der Waals surface area contributed by atoms with Crippen LogP contribution < -0.4 is 25.0 Å². The number of carbonyl (C=O) groups excluding carboxylic acids is 1. The summed E-state index contributed by atoms with van der Waals surface area (Å²) in [5.74, 6) is 0.926. The van der Waals surface area contributed by atoms with Gasteiger partial charge >= 0.3 is 0 Å². The van der Waals surface area contributed by atoms with Gasteiger partial charge in [0.2, 0.25) is 5.75 Å². The maximum atomic E-state index is 13.5. The van der Waals surface area contributed by atoms with Crippen LogP contribution in [0.5, 0.6) is 17.2 Å². The van der Waals surface area contributed by atoms with Crippen LogP contribution in [0, 0.1) is 0 Å². The second kappa shape index (κ2) is 12.9. The number of ether oxygens (including phenoxy) is 3. The smallest absolute Gasteiger partial charge is 0.253 e. The Morgan fingerprint density at radius 2 is 1.82 bits per heavy atom. The third kappa shape index (κ3) is 6.04. The van der Waals surface area contributed by atoms with Crippen molar-refractivity contribution in [2.45, 2.75) is 30.4 Å². The van der Waals surface area contributed by atoms with Crippen LogP contribution in [0.15, 0.2) is 52.2 Å². The van der Waals surface area contributed by atoms with E-state index in [2.05, 4.69) is 10.2 Å². The summed E-state index contributed by atoms with van der Waals surface area (Å²) >= 11 is 7.70. The van der Waals surface area contributed by atoms with Gasteiger partial charge in [-0.05, 0) is 71.7 Å². The SMILES string of the molecule is COc1cc2c(c(OC)c1OC)-c1ccc(SC)c(=O)cc1[C@@H](NC(=O)c1cc(CON(O)O)ccc1Cl)CC2. The zero-order valence-corrected chi connectivity index (χ0v) is 23.9. The first-order valence-corrected chi connectivity index (χ1v) is 13.8. The molecule has 0 spiro atoms. The number of fused-ring (bicyclic) bond motifs is 3. The van der Waals surface area contributed by atoms with Crippen LogP contribution in [-0.2, 0) is 17.9 Å². The minimum atomic E-state index is -0.562. The molecule has 0 bridgehead atoms. The molecule has 0 saturated carbocycles. The van der Waals surface area contributed by atoms with Crippen molar-refractivity contribution in [2.75, 3.05) is 27.6 Å². The molecule has 40 heavy (non-hydrogen) atoms. The van der Waals surface area contributed by atoms with Gasteiger partial charge in [-0.15, -0.1) is 11.8 Å². The summed E-state index contributed by atoms with van der Waals surface area (Å²) in [6.07, 6.45) is 2.82. The zero-order valence-electron chi connectivity index (χ0n) is 22.3. The van der Waals surface area contributed by atoms with Gasteiger partial charge in [0.15, 0.2) is 16.9 Å². The maximum absolute atomic E-state index is 13.5. The van der Waals surface area contributed by atoms with E-state index in [1.165, 1.54) is 31.0 Å². The summed E-state index contributed by atoms with van der Waals surface area (Å²) in [5, 5.41) is 20.5. The first-order valence-electron chi connectivity index (χ1n) is 12.2. The van der Waals surface area contributed by atoms with Gasteiger partial charge in [0.05, 0.1) is 54.8 Å². The average Bonchev–Trinajstić information content (AvgIpc) is 3.19. The molecule has 10 nitrogen and oxygen atoms in total. The lowest BCUT2D eigenvalue weighted by Crippen LogP contribution is -2.29. The second-order valence-electron chi connectivity index (χ2n) is 8.86. The number of methoxy groups -OCH3 is 3. The fourth-order valence-corrected chi connectivity index (χ4v) is 5.49. The Labute approximate surface area is 240 Å². The largest absolute Gasteiger partial charge is 0.493 e. The number of rotatable bonds is 9. The Kier molecular flexibility index (Phi) is 9.56. The summed E-state index contributed by atoms with van der Waals surface area (Å²) in [6, 6.07) is 11.1. The van der Waals surface area contributed by atoms with E-state index in [4.69, 9.17) is 36.2 Å². The van der Waals surface area contributed by atoms with E-state index in [9.17, 15) is 9.59 Å². The molecule has 0 radical (unpaired) electrons. The monoisotopic (exact) mass is 588 g/mol. The van der Waals surface area contributed by atoms with Gasteiger partial charge in [0.25, 0.3) is 5.91 Å². The van der Waals surface area contributed by atoms with Crippen LogP contribution in [0.25, 0.3) is 11.1 Å². The molecule has 3 N–H and O–H groups in total. The number of benzene rings is 2. The third-order valence-electron chi connectivity index (χ3n) is 6.65. The van der Waals surface area contributed by atoms with Crippen molar-refractivity contribution in [1.29, 1.82) is 0 Å². The fourth-order valence-electron chi connectivity index (χ4n) is 4.82. The van der Waals surface area contributed by atoms with Crippen molar-refractivity contribution in [3.05, 3.63) is 80.0 Å². The maximum Gasteiger partial charge on any atom is 0.253 e. The minimum absolute atomic E-state index is 0.168. The van der Waals surface area contributed by atoms with Crippen LogP contribution in [0.4, 0.5) is 0 Å². The van der Waals surface area contributed by atoms with Crippen molar-refractivity contribution < 1.29 is 34.3 Å². The van der Waals surface area contributed by atoms with Crippen LogP contribution in [0.2, 0.25) is 5.02 Å². The number of carbonyl (C=O) groups is 1. The van der Waals surface area contributed by atoms with Crippen LogP contribution in [-0.4, -0.2) is 49.3 Å².